The van der Waals surface area contributed by atoms with Gasteiger partial charge in [0, 0.05) is 13.5 Å². The van der Waals surface area contributed by atoms with E-state index in [4.69, 9.17) is 9.15 Å². The summed E-state index contributed by atoms with van der Waals surface area (Å²) < 4.78 is 10.2. The topological polar surface area (TPSA) is 127 Å². The van der Waals surface area contributed by atoms with Gasteiger partial charge in [0.1, 0.15) is 6.04 Å². The molecule has 1 aromatic carbocycles. The monoisotopic (exact) mass is 387 g/mol. The van der Waals surface area contributed by atoms with Gasteiger partial charge in [-0.1, -0.05) is 30.3 Å². The average molecular weight is 387 g/mol. The molecule has 0 saturated carbocycles. The van der Waals surface area contributed by atoms with Crippen molar-refractivity contribution in [1.29, 1.82) is 0 Å². The van der Waals surface area contributed by atoms with Gasteiger partial charge in [0.25, 0.3) is 11.8 Å². The van der Waals surface area contributed by atoms with Gasteiger partial charge in [0.2, 0.25) is 0 Å². The molecule has 0 aliphatic carbocycles. The smallest absolute Gasteiger partial charge is 0.329 e. The SMILES string of the molecule is CNC(=O)NC(=O)[C@H](C)OC(=O)[C@H](Cc1ccccc1)NC(=O)c1ccco1. The van der Waals surface area contributed by atoms with E-state index >= 15 is 0 Å². The predicted octanol–water partition coefficient (Wildman–Crippen LogP) is 1.01. The van der Waals surface area contributed by atoms with Gasteiger partial charge in [0.05, 0.1) is 6.26 Å². The Labute approximate surface area is 161 Å². The van der Waals surface area contributed by atoms with Crippen molar-refractivity contribution in [3.63, 3.8) is 0 Å². The third kappa shape index (κ3) is 5.97. The van der Waals surface area contributed by atoms with Crippen LogP contribution in [0.3, 0.4) is 0 Å². The zero-order chi connectivity index (χ0) is 20.5. The lowest BCUT2D eigenvalue weighted by Crippen LogP contribution is -2.47. The lowest BCUT2D eigenvalue weighted by Gasteiger charge is -2.20. The van der Waals surface area contributed by atoms with Crippen LogP contribution in [0.4, 0.5) is 4.79 Å². The molecule has 0 unspecified atom stereocenters. The number of carbonyl (C=O) groups excluding carboxylic acids is 4. The predicted molar refractivity (Wildman–Crippen MR) is 98.3 cm³/mol. The zero-order valence-electron chi connectivity index (χ0n) is 15.4. The minimum Gasteiger partial charge on any atom is -0.459 e. The number of nitrogens with one attached hydrogen (secondary N) is 3. The number of esters is 1. The van der Waals surface area contributed by atoms with Crippen molar-refractivity contribution in [1.82, 2.24) is 16.0 Å². The number of benzene rings is 1. The largest absolute Gasteiger partial charge is 0.459 e. The first-order chi connectivity index (χ1) is 13.4. The van der Waals surface area contributed by atoms with Crippen molar-refractivity contribution in [2.24, 2.45) is 0 Å². The van der Waals surface area contributed by atoms with E-state index in [1.54, 1.807) is 30.3 Å². The number of hydrogen-bond acceptors (Lipinski definition) is 6. The second kappa shape index (κ2) is 9.91. The molecule has 0 saturated heterocycles. The number of amides is 4. The Balaban J connectivity index is 2.08. The highest BCUT2D eigenvalue weighted by molar-refractivity contribution is 5.98. The molecule has 0 radical (unpaired) electrons. The van der Waals surface area contributed by atoms with Crippen LogP contribution in [0.5, 0.6) is 0 Å². The molecule has 9 nitrogen and oxygen atoms in total. The molecule has 0 fully saturated rings. The van der Waals surface area contributed by atoms with Gasteiger partial charge in [-0.3, -0.25) is 14.9 Å². The summed E-state index contributed by atoms with van der Waals surface area (Å²) in [5.41, 5.74) is 0.784. The third-order valence-corrected chi connectivity index (χ3v) is 3.74. The molecule has 1 heterocycles. The molecule has 4 amide bonds. The van der Waals surface area contributed by atoms with E-state index in [-0.39, 0.29) is 12.2 Å². The zero-order valence-corrected chi connectivity index (χ0v) is 15.4. The minimum atomic E-state index is -1.23. The number of hydrogen-bond donors (Lipinski definition) is 3. The van der Waals surface area contributed by atoms with Crippen molar-refractivity contribution < 1.29 is 28.3 Å². The van der Waals surface area contributed by atoms with Crippen LogP contribution < -0.4 is 16.0 Å². The summed E-state index contributed by atoms with van der Waals surface area (Å²) in [4.78, 5) is 47.9. The molecule has 2 aromatic rings. The van der Waals surface area contributed by atoms with Crippen LogP contribution in [0.2, 0.25) is 0 Å². The Hall–Kier alpha value is -3.62. The third-order valence-electron chi connectivity index (χ3n) is 3.74. The van der Waals surface area contributed by atoms with Crippen LogP contribution in [-0.2, 0) is 20.7 Å². The molecule has 0 bridgehead atoms. The lowest BCUT2D eigenvalue weighted by atomic mass is 10.1. The number of ether oxygens (including phenoxy) is 1. The van der Waals surface area contributed by atoms with Gasteiger partial charge in [-0.15, -0.1) is 0 Å². The highest BCUT2D eigenvalue weighted by Gasteiger charge is 2.28. The summed E-state index contributed by atoms with van der Waals surface area (Å²) in [6.45, 7) is 1.32. The van der Waals surface area contributed by atoms with Crippen molar-refractivity contribution in [3.05, 3.63) is 60.1 Å². The fraction of sp³-hybridized carbons (Fsp3) is 0.263. The molecule has 2 rings (SSSR count). The van der Waals surface area contributed by atoms with E-state index in [9.17, 15) is 19.2 Å². The van der Waals surface area contributed by atoms with E-state index < -0.39 is 36.0 Å². The minimum absolute atomic E-state index is 0.0382. The maximum Gasteiger partial charge on any atom is 0.329 e. The van der Waals surface area contributed by atoms with Gasteiger partial charge in [-0.25, -0.2) is 9.59 Å². The second-order valence-electron chi connectivity index (χ2n) is 5.84. The normalized spacial score (nSPS) is 12.4. The average Bonchev–Trinajstić information content (AvgIpc) is 3.23. The number of carbonyl (C=O) groups is 4. The van der Waals surface area contributed by atoms with Crippen LogP contribution in [0.25, 0.3) is 0 Å². The Bertz CT molecular complexity index is 819. The summed E-state index contributed by atoms with van der Waals surface area (Å²) in [5.74, 6) is -2.16. The van der Waals surface area contributed by atoms with Crippen molar-refractivity contribution in [2.75, 3.05) is 7.05 Å². The highest BCUT2D eigenvalue weighted by Crippen LogP contribution is 2.08. The summed E-state index contributed by atoms with van der Waals surface area (Å²) in [5, 5.41) is 6.79. The van der Waals surface area contributed by atoms with Crippen LogP contribution in [0, 0.1) is 0 Å². The number of imide groups is 1. The summed E-state index contributed by atoms with van der Waals surface area (Å²) in [7, 11) is 1.35. The number of urea groups is 1. The van der Waals surface area contributed by atoms with Gasteiger partial charge in [-0.05, 0) is 24.6 Å². The molecular formula is C19H21N3O6. The van der Waals surface area contributed by atoms with E-state index in [2.05, 4.69) is 10.6 Å². The van der Waals surface area contributed by atoms with E-state index in [1.165, 1.54) is 26.3 Å². The van der Waals surface area contributed by atoms with Crippen molar-refractivity contribution >= 4 is 23.8 Å². The van der Waals surface area contributed by atoms with E-state index in [0.717, 1.165) is 5.56 Å². The summed E-state index contributed by atoms with van der Waals surface area (Å²) in [6, 6.07) is 10.2. The van der Waals surface area contributed by atoms with Crippen molar-refractivity contribution in [2.45, 2.75) is 25.5 Å². The standard InChI is InChI=1S/C19H21N3O6/c1-12(16(23)22-19(26)20-2)28-18(25)14(11-13-7-4-3-5-8-13)21-17(24)15-9-6-10-27-15/h3-10,12,14H,11H2,1-2H3,(H,21,24)(H2,20,22,23,26)/t12-,14-/m0/s1. The Morgan fingerprint density at radius 1 is 1.07 bits per heavy atom. The molecule has 148 valence electrons. The molecule has 0 aliphatic rings. The van der Waals surface area contributed by atoms with Crippen LogP contribution >= 0.6 is 0 Å². The molecule has 0 spiro atoms. The van der Waals surface area contributed by atoms with Crippen molar-refractivity contribution in [3.8, 4) is 0 Å². The van der Waals surface area contributed by atoms with Crippen LogP contribution in [-0.4, -0.2) is 43.0 Å². The fourth-order valence-corrected chi connectivity index (χ4v) is 2.27. The molecular weight excluding hydrogens is 366 g/mol. The first kappa shape index (κ1) is 20.7. The Morgan fingerprint density at radius 3 is 2.39 bits per heavy atom. The molecule has 28 heavy (non-hydrogen) atoms. The van der Waals surface area contributed by atoms with E-state index in [0.29, 0.717) is 0 Å². The Kier molecular flexibility index (Phi) is 7.32. The molecule has 1 aromatic heterocycles. The lowest BCUT2D eigenvalue weighted by molar-refractivity contribution is -0.156. The molecule has 0 aliphatic heterocycles. The first-order valence-electron chi connectivity index (χ1n) is 8.52. The first-order valence-corrected chi connectivity index (χ1v) is 8.52. The van der Waals surface area contributed by atoms with E-state index in [1.807, 2.05) is 11.4 Å². The molecule has 2 atom stereocenters. The second-order valence-corrected chi connectivity index (χ2v) is 5.84. The number of rotatable bonds is 7. The summed E-state index contributed by atoms with van der Waals surface area (Å²) >= 11 is 0. The maximum absolute atomic E-state index is 12.6. The highest BCUT2D eigenvalue weighted by atomic mass is 16.5. The molecule has 3 N–H and O–H groups in total. The van der Waals surface area contributed by atoms with Crippen LogP contribution in [0.1, 0.15) is 23.0 Å². The number of furan rings is 1. The quantitative estimate of drug-likeness (QED) is 0.609. The van der Waals surface area contributed by atoms with Gasteiger partial charge in [-0.2, -0.15) is 0 Å². The molecule has 9 heteroatoms. The Morgan fingerprint density at radius 2 is 1.79 bits per heavy atom. The summed E-state index contributed by atoms with van der Waals surface area (Å²) in [6.07, 6.45) is 0.254. The maximum atomic E-state index is 12.6. The van der Waals surface area contributed by atoms with Crippen LogP contribution in [0.15, 0.2) is 53.1 Å². The van der Waals surface area contributed by atoms with Gasteiger partial charge >= 0.3 is 12.0 Å². The fourth-order valence-electron chi connectivity index (χ4n) is 2.27. The van der Waals surface area contributed by atoms with Gasteiger partial charge in [0.15, 0.2) is 11.9 Å². The van der Waals surface area contributed by atoms with Gasteiger partial charge < -0.3 is 19.8 Å².